The van der Waals surface area contributed by atoms with Gasteiger partial charge in [0.05, 0.1) is 6.10 Å². The van der Waals surface area contributed by atoms with Crippen molar-refractivity contribution in [3.8, 4) is 0 Å². The number of carbonyl (C=O) groups is 1. The lowest BCUT2D eigenvalue weighted by molar-refractivity contribution is -0.121. The van der Waals surface area contributed by atoms with Crippen molar-refractivity contribution < 1.29 is 9.53 Å². The predicted octanol–water partition coefficient (Wildman–Crippen LogP) is 2.95. The van der Waals surface area contributed by atoms with E-state index in [-0.39, 0.29) is 5.41 Å². The predicted molar refractivity (Wildman–Crippen MR) is 57.3 cm³/mol. The molecule has 82 valence electrons. The van der Waals surface area contributed by atoms with Crippen LogP contribution in [0.2, 0.25) is 0 Å². The van der Waals surface area contributed by atoms with Crippen LogP contribution in [0.4, 0.5) is 0 Å². The maximum absolute atomic E-state index is 11.6. The lowest BCUT2D eigenvalue weighted by atomic mass is 9.88. The van der Waals surface area contributed by atoms with Crippen molar-refractivity contribution in [3.63, 3.8) is 0 Å². The number of Topliss-reactive ketones (excluding diaryl/α,β-unsaturated/α-hetero) is 1. The zero-order valence-corrected chi connectivity index (χ0v) is 9.64. The fourth-order valence-electron chi connectivity index (χ4n) is 1.87. The smallest absolute Gasteiger partial charge is 0.133 e. The second kappa shape index (κ2) is 4.92. The van der Waals surface area contributed by atoms with E-state index in [2.05, 4.69) is 20.8 Å². The first kappa shape index (κ1) is 11.7. The zero-order chi connectivity index (χ0) is 10.6. The van der Waals surface area contributed by atoms with Crippen LogP contribution in [0.3, 0.4) is 0 Å². The van der Waals surface area contributed by atoms with Crippen molar-refractivity contribution in [2.45, 2.75) is 59.0 Å². The van der Waals surface area contributed by atoms with Gasteiger partial charge in [-0.2, -0.15) is 0 Å². The van der Waals surface area contributed by atoms with Crippen molar-refractivity contribution in [1.29, 1.82) is 0 Å². The molecule has 0 radical (unpaired) electrons. The summed E-state index contributed by atoms with van der Waals surface area (Å²) < 4.78 is 5.48. The summed E-state index contributed by atoms with van der Waals surface area (Å²) in [6, 6.07) is 0. The third-order valence-corrected chi connectivity index (χ3v) is 2.50. The summed E-state index contributed by atoms with van der Waals surface area (Å²) in [5.41, 5.74) is 0.133. The van der Waals surface area contributed by atoms with Gasteiger partial charge >= 0.3 is 0 Å². The van der Waals surface area contributed by atoms with Crippen LogP contribution in [-0.2, 0) is 9.53 Å². The minimum absolute atomic E-state index is 0.133. The van der Waals surface area contributed by atoms with E-state index in [1.807, 2.05) is 0 Å². The molecule has 0 aromatic heterocycles. The first-order valence-electron chi connectivity index (χ1n) is 5.61. The summed E-state index contributed by atoms with van der Waals surface area (Å²) in [6.45, 7) is 7.21. The molecule has 1 heterocycles. The molecule has 0 saturated carbocycles. The van der Waals surface area contributed by atoms with Crippen molar-refractivity contribution in [1.82, 2.24) is 0 Å². The number of rotatable bonds is 4. The fraction of sp³-hybridized carbons (Fsp3) is 0.917. The molecular formula is C12H22O2. The molecule has 1 fully saturated rings. The van der Waals surface area contributed by atoms with Crippen LogP contribution in [0.25, 0.3) is 0 Å². The van der Waals surface area contributed by atoms with Crippen molar-refractivity contribution in [2.24, 2.45) is 5.41 Å². The summed E-state index contributed by atoms with van der Waals surface area (Å²) in [5, 5.41) is 0. The molecule has 0 aromatic rings. The maximum atomic E-state index is 11.6. The van der Waals surface area contributed by atoms with Gasteiger partial charge in [0.1, 0.15) is 5.78 Å². The maximum Gasteiger partial charge on any atom is 0.133 e. The highest BCUT2D eigenvalue weighted by Crippen LogP contribution is 2.22. The Balaban J connectivity index is 2.14. The Bertz CT molecular complexity index is 185. The quantitative estimate of drug-likeness (QED) is 0.694. The Morgan fingerprint density at radius 1 is 1.43 bits per heavy atom. The van der Waals surface area contributed by atoms with Crippen molar-refractivity contribution >= 4 is 5.78 Å². The largest absolute Gasteiger partial charge is 0.378 e. The highest BCUT2D eigenvalue weighted by molar-refractivity contribution is 5.78. The highest BCUT2D eigenvalue weighted by Gasteiger charge is 2.19. The summed E-state index contributed by atoms with van der Waals surface area (Å²) in [4.78, 5) is 11.6. The van der Waals surface area contributed by atoms with E-state index in [1.54, 1.807) is 0 Å². The molecule has 0 amide bonds. The summed E-state index contributed by atoms with van der Waals surface area (Å²) in [7, 11) is 0. The van der Waals surface area contributed by atoms with Gasteiger partial charge in [-0.3, -0.25) is 4.79 Å². The Morgan fingerprint density at radius 3 is 2.64 bits per heavy atom. The third-order valence-electron chi connectivity index (χ3n) is 2.50. The molecule has 0 N–H and O–H groups in total. The van der Waals surface area contributed by atoms with E-state index in [0.717, 1.165) is 25.9 Å². The van der Waals surface area contributed by atoms with E-state index >= 15 is 0 Å². The van der Waals surface area contributed by atoms with Gasteiger partial charge in [0.2, 0.25) is 0 Å². The Kier molecular flexibility index (Phi) is 4.11. The molecule has 1 aliphatic heterocycles. The highest BCUT2D eigenvalue weighted by atomic mass is 16.5. The van der Waals surface area contributed by atoms with E-state index in [0.29, 0.717) is 24.7 Å². The molecule has 0 aliphatic carbocycles. The molecule has 2 nitrogen and oxygen atoms in total. The first-order chi connectivity index (χ1) is 6.47. The minimum atomic E-state index is 0.133. The molecule has 14 heavy (non-hydrogen) atoms. The average molecular weight is 198 g/mol. The van der Waals surface area contributed by atoms with Gasteiger partial charge in [0, 0.05) is 19.4 Å². The molecular weight excluding hydrogens is 176 g/mol. The molecule has 2 heteroatoms. The Morgan fingerprint density at radius 2 is 2.14 bits per heavy atom. The summed E-state index contributed by atoms with van der Waals surface area (Å²) in [6.07, 6.45) is 4.98. The van der Waals surface area contributed by atoms with Gasteiger partial charge in [-0.05, 0) is 24.7 Å². The SMILES string of the molecule is CC(C)(C)CC(=O)CCC1CCCO1. The van der Waals surface area contributed by atoms with E-state index in [1.165, 1.54) is 0 Å². The molecule has 0 spiro atoms. The number of ketones is 1. The molecule has 1 unspecified atom stereocenters. The number of carbonyl (C=O) groups excluding carboxylic acids is 1. The molecule has 0 bridgehead atoms. The van der Waals surface area contributed by atoms with Gasteiger partial charge in [-0.1, -0.05) is 20.8 Å². The molecule has 1 aliphatic rings. The topological polar surface area (TPSA) is 26.3 Å². The summed E-state index contributed by atoms with van der Waals surface area (Å²) >= 11 is 0. The van der Waals surface area contributed by atoms with Crippen LogP contribution in [0.15, 0.2) is 0 Å². The van der Waals surface area contributed by atoms with Crippen molar-refractivity contribution in [2.75, 3.05) is 6.61 Å². The normalized spacial score (nSPS) is 22.6. The Hall–Kier alpha value is -0.370. The fourth-order valence-corrected chi connectivity index (χ4v) is 1.87. The van der Waals surface area contributed by atoms with Crippen molar-refractivity contribution in [3.05, 3.63) is 0 Å². The number of hydrogen-bond acceptors (Lipinski definition) is 2. The van der Waals surface area contributed by atoms with Gasteiger partial charge in [-0.15, -0.1) is 0 Å². The lowest BCUT2D eigenvalue weighted by Gasteiger charge is -2.17. The number of hydrogen-bond donors (Lipinski definition) is 0. The second-order valence-corrected chi connectivity index (χ2v) is 5.45. The van der Waals surface area contributed by atoms with Crippen LogP contribution >= 0.6 is 0 Å². The molecule has 1 atom stereocenters. The van der Waals surface area contributed by atoms with Gasteiger partial charge in [0.15, 0.2) is 0 Å². The van der Waals surface area contributed by atoms with Gasteiger partial charge in [0.25, 0.3) is 0 Å². The van der Waals surface area contributed by atoms with E-state index in [9.17, 15) is 4.79 Å². The van der Waals surface area contributed by atoms with Gasteiger partial charge in [-0.25, -0.2) is 0 Å². The van der Waals surface area contributed by atoms with Crippen LogP contribution in [0, 0.1) is 5.41 Å². The second-order valence-electron chi connectivity index (χ2n) is 5.45. The summed E-state index contributed by atoms with van der Waals surface area (Å²) in [5.74, 6) is 0.382. The van der Waals surface area contributed by atoms with Crippen LogP contribution in [0.1, 0.15) is 52.9 Å². The zero-order valence-electron chi connectivity index (χ0n) is 9.64. The molecule has 0 aromatic carbocycles. The first-order valence-corrected chi connectivity index (χ1v) is 5.61. The van der Waals surface area contributed by atoms with Crippen LogP contribution in [-0.4, -0.2) is 18.5 Å². The lowest BCUT2D eigenvalue weighted by Crippen LogP contribution is -2.15. The standard InChI is InChI=1S/C12H22O2/c1-12(2,3)9-10(13)6-7-11-5-4-8-14-11/h11H,4-9H2,1-3H3. The van der Waals surface area contributed by atoms with Crippen LogP contribution in [0.5, 0.6) is 0 Å². The van der Waals surface area contributed by atoms with E-state index in [4.69, 9.17) is 4.74 Å². The third kappa shape index (κ3) is 4.75. The minimum Gasteiger partial charge on any atom is -0.378 e. The van der Waals surface area contributed by atoms with E-state index < -0.39 is 0 Å². The van der Waals surface area contributed by atoms with Crippen LogP contribution < -0.4 is 0 Å². The van der Waals surface area contributed by atoms with Gasteiger partial charge < -0.3 is 4.74 Å². The average Bonchev–Trinajstić information content (AvgIpc) is 2.49. The molecule has 1 rings (SSSR count). The monoisotopic (exact) mass is 198 g/mol. The molecule has 1 saturated heterocycles. The Labute approximate surface area is 87.0 Å². The number of ether oxygens (including phenoxy) is 1.